The molecule has 7 nitrogen and oxygen atoms in total. The molecular weight excluding hydrogens is 426 g/mol. The molecule has 2 N–H and O–H groups in total. The van der Waals surface area contributed by atoms with Crippen LogP contribution in [0.4, 0.5) is 17.1 Å². The molecule has 34 heavy (non-hydrogen) atoms. The minimum Gasteiger partial charge on any atom is -0.478 e. The average molecular weight is 454 g/mol. The Hall–Kier alpha value is -4.13. The van der Waals surface area contributed by atoms with E-state index in [1.54, 1.807) is 12.4 Å². The number of benzene rings is 2. The lowest BCUT2D eigenvalue weighted by atomic mass is 9.82. The van der Waals surface area contributed by atoms with E-state index in [-0.39, 0.29) is 5.56 Å². The van der Waals surface area contributed by atoms with Gasteiger partial charge < -0.3 is 15.3 Å². The van der Waals surface area contributed by atoms with Crippen molar-refractivity contribution in [2.24, 2.45) is 0 Å². The summed E-state index contributed by atoms with van der Waals surface area (Å²) in [5.41, 5.74) is 6.81. The molecule has 0 spiro atoms. The molecule has 1 atom stereocenters. The van der Waals surface area contributed by atoms with Crippen LogP contribution in [-0.2, 0) is 6.42 Å². The van der Waals surface area contributed by atoms with Crippen molar-refractivity contribution in [2.45, 2.75) is 25.2 Å². The molecule has 0 fully saturated rings. The van der Waals surface area contributed by atoms with Gasteiger partial charge in [0.2, 0.25) is 0 Å². The molecule has 0 radical (unpaired) electrons. The number of carboxylic acid groups (broad SMARTS) is 1. The number of aryl methyl sites for hydroxylation is 1. The van der Waals surface area contributed by atoms with Crippen LogP contribution in [-0.4, -0.2) is 39.4 Å². The van der Waals surface area contributed by atoms with E-state index in [9.17, 15) is 9.90 Å². The Balaban J connectivity index is 1.32. The lowest BCUT2D eigenvalue weighted by Gasteiger charge is -2.28. The first-order valence-corrected chi connectivity index (χ1v) is 11.5. The van der Waals surface area contributed by atoms with Crippen molar-refractivity contribution in [1.82, 2.24) is 14.8 Å². The number of nitrogens with zero attached hydrogens (tertiary/aromatic N) is 4. The van der Waals surface area contributed by atoms with Crippen LogP contribution >= 0.6 is 0 Å². The van der Waals surface area contributed by atoms with Crippen molar-refractivity contribution in [3.05, 3.63) is 96.1 Å². The molecule has 4 aromatic rings. The largest absolute Gasteiger partial charge is 0.478 e. The highest BCUT2D eigenvalue weighted by molar-refractivity contribution is 5.93. The number of aromatic carboxylic acids is 1. The molecule has 2 aromatic carbocycles. The van der Waals surface area contributed by atoms with Gasteiger partial charge in [-0.05, 0) is 78.9 Å². The molecule has 0 saturated carbocycles. The highest BCUT2D eigenvalue weighted by Crippen LogP contribution is 2.35. The third-order valence-electron chi connectivity index (χ3n) is 6.55. The summed E-state index contributed by atoms with van der Waals surface area (Å²) < 4.78 is 1.85. The molecule has 0 unspecified atom stereocenters. The fourth-order valence-electron chi connectivity index (χ4n) is 4.68. The predicted molar refractivity (Wildman–Crippen MR) is 133 cm³/mol. The second-order valence-corrected chi connectivity index (χ2v) is 8.61. The van der Waals surface area contributed by atoms with Crippen molar-refractivity contribution in [3.63, 3.8) is 0 Å². The van der Waals surface area contributed by atoms with Gasteiger partial charge in [0.25, 0.3) is 0 Å². The molecular formula is C27H27N5O2. The number of carboxylic acids is 1. The van der Waals surface area contributed by atoms with E-state index < -0.39 is 5.97 Å². The summed E-state index contributed by atoms with van der Waals surface area (Å²) in [4.78, 5) is 17.8. The van der Waals surface area contributed by atoms with Gasteiger partial charge in [-0.1, -0.05) is 6.07 Å². The van der Waals surface area contributed by atoms with Gasteiger partial charge in [-0.25, -0.2) is 9.48 Å². The van der Waals surface area contributed by atoms with Crippen LogP contribution < -0.4 is 10.2 Å². The molecule has 5 rings (SSSR count). The van der Waals surface area contributed by atoms with Crippen LogP contribution in [0.15, 0.2) is 79.4 Å². The highest BCUT2D eigenvalue weighted by atomic mass is 16.4. The Bertz CT molecular complexity index is 1280. The average Bonchev–Trinajstić information content (AvgIpc) is 3.42. The normalized spacial score (nSPS) is 14.9. The van der Waals surface area contributed by atoms with E-state index in [2.05, 4.69) is 69.8 Å². The Morgan fingerprint density at radius 2 is 1.97 bits per heavy atom. The van der Waals surface area contributed by atoms with Gasteiger partial charge in [-0.3, -0.25) is 4.98 Å². The first-order valence-electron chi connectivity index (χ1n) is 11.5. The number of pyridine rings is 1. The second-order valence-electron chi connectivity index (χ2n) is 8.61. The van der Waals surface area contributed by atoms with E-state index in [4.69, 9.17) is 0 Å². The molecule has 0 saturated heterocycles. The Morgan fingerprint density at radius 1 is 1.15 bits per heavy atom. The number of hydrogen-bond acceptors (Lipinski definition) is 5. The fraction of sp³-hybridized carbons (Fsp3) is 0.222. The van der Waals surface area contributed by atoms with Gasteiger partial charge in [0, 0.05) is 49.5 Å². The molecule has 1 aliphatic rings. The van der Waals surface area contributed by atoms with Gasteiger partial charge in [0.1, 0.15) is 0 Å². The van der Waals surface area contributed by atoms with Gasteiger partial charge in [0.15, 0.2) is 0 Å². The number of hydrogen-bond donors (Lipinski definition) is 2. The lowest BCUT2D eigenvalue weighted by molar-refractivity contribution is 0.0697. The third kappa shape index (κ3) is 4.37. The predicted octanol–water partition coefficient (Wildman–Crippen LogP) is 5.27. The molecule has 172 valence electrons. The van der Waals surface area contributed by atoms with E-state index in [0.29, 0.717) is 18.2 Å². The Morgan fingerprint density at radius 3 is 2.74 bits per heavy atom. The monoisotopic (exact) mass is 453 g/mol. The number of nitrogens with one attached hydrogen (secondary N) is 1. The van der Waals surface area contributed by atoms with E-state index in [1.165, 1.54) is 23.4 Å². The summed E-state index contributed by atoms with van der Waals surface area (Å²) in [7, 11) is 2.09. The minimum atomic E-state index is -0.945. The van der Waals surface area contributed by atoms with Crippen LogP contribution in [0.3, 0.4) is 0 Å². The maximum absolute atomic E-state index is 11.5. The first kappa shape index (κ1) is 21.7. The number of rotatable bonds is 7. The van der Waals surface area contributed by atoms with Crippen LogP contribution in [0, 0.1) is 0 Å². The number of carbonyl (C=O) groups is 1. The third-order valence-corrected chi connectivity index (χ3v) is 6.55. The zero-order valence-electron chi connectivity index (χ0n) is 19.1. The van der Waals surface area contributed by atoms with E-state index in [0.717, 1.165) is 36.3 Å². The van der Waals surface area contributed by atoms with Gasteiger partial charge >= 0.3 is 5.97 Å². The van der Waals surface area contributed by atoms with Crippen molar-refractivity contribution >= 4 is 23.0 Å². The van der Waals surface area contributed by atoms with Crippen molar-refractivity contribution in [2.75, 3.05) is 23.8 Å². The second kappa shape index (κ2) is 9.39. The van der Waals surface area contributed by atoms with E-state index in [1.807, 2.05) is 16.9 Å². The zero-order chi connectivity index (χ0) is 23.5. The summed E-state index contributed by atoms with van der Waals surface area (Å²) >= 11 is 0. The molecule has 2 heterocycles. The Labute approximate surface area is 198 Å². The zero-order valence-corrected chi connectivity index (χ0v) is 19.1. The van der Waals surface area contributed by atoms with Crippen molar-refractivity contribution in [3.8, 4) is 5.69 Å². The number of anilines is 3. The molecule has 0 bridgehead atoms. The maximum atomic E-state index is 11.5. The van der Waals surface area contributed by atoms with E-state index >= 15 is 0 Å². The quantitative estimate of drug-likeness (QED) is 0.397. The summed E-state index contributed by atoms with van der Waals surface area (Å²) in [6.07, 6.45) is 10.0. The molecule has 0 amide bonds. The minimum absolute atomic E-state index is 0.251. The number of aromatic nitrogens is 3. The van der Waals surface area contributed by atoms with Crippen LogP contribution in [0.2, 0.25) is 0 Å². The van der Waals surface area contributed by atoms with Crippen molar-refractivity contribution in [1.29, 1.82) is 0 Å². The van der Waals surface area contributed by atoms with Crippen LogP contribution in [0.1, 0.15) is 40.2 Å². The molecule has 7 heteroatoms. The summed E-state index contributed by atoms with van der Waals surface area (Å²) in [5.74, 6) is -0.613. The van der Waals surface area contributed by atoms with Gasteiger partial charge in [0.05, 0.1) is 23.1 Å². The van der Waals surface area contributed by atoms with Gasteiger partial charge in [-0.15, -0.1) is 0 Å². The Kier molecular flexibility index (Phi) is 5.99. The topological polar surface area (TPSA) is 83.3 Å². The standard InChI is InChI=1S/C27H27N5O2/c1-31(21-6-8-22(9-7-21)32-15-3-13-30-32)23-10-11-24-19(16-23)4-2-5-20(24)17-29-26-18-28-14-12-25(26)27(33)34/h3,6-16,18,20,29H,2,4-5,17H2,1H3,(H,33,34)/t20-/m0/s1. The smallest absolute Gasteiger partial charge is 0.337 e. The van der Waals surface area contributed by atoms with Gasteiger partial charge in [-0.2, -0.15) is 5.10 Å². The SMILES string of the molecule is CN(c1ccc(-n2cccn2)cc1)c1ccc2c(c1)CCC[C@H]2CNc1cnccc1C(=O)O. The lowest BCUT2D eigenvalue weighted by Crippen LogP contribution is -2.20. The first-order chi connectivity index (χ1) is 16.6. The molecule has 2 aromatic heterocycles. The molecule has 1 aliphatic carbocycles. The van der Waals surface area contributed by atoms with Crippen molar-refractivity contribution < 1.29 is 9.90 Å². The fourth-order valence-corrected chi connectivity index (χ4v) is 4.68. The maximum Gasteiger partial charge on any atom is 0.337 e. The van der Waals surface area contributed by atoms with Crippen LogP contribution in [0.5, 0.6) is 0 Å². The highest BCUT2D eigenvalue weighted by Gasteiger charge is 2.22. The number of fused-ring (bicyclic) bond motifs is 1. The summed E-state index contributed by atoms with van der Waals surface area (Å²) in [6.45, 7) is 0.684. The molecule has 0 aliphatic heterocycles. The summed E-state index contributed by atoms with van der Waals surface area (Å²) in [5, 5.41) is 17.0. The van der Waals surface area contributed by atoms with Crippen LogP contribution in [0.25, 0.3) is 5.69 Å². The summed E-state index contributed by atoms with van der Waals surface area (Å²) in [6, 6.07) is 18.5.